The van der Waals surface area contributed by atoms with Crippen molar-refractivity contribution in [3.8, 4) is 17.2 Å². The molecule has 7 heteroatoms. The number of aliphatic imine (C=N–C) groups is 1. The first-order chi connectivity index (χ1) is 13.7. The van der Waals surface area contributed by atoms with Crippen LogP contribution >= 0.6 is 0 Å². The highest BCUT2D eigenvalue weighted by Crippen LogP contribution is 2.38. The molecule has 1 saturated carbocycles. The van der Waals surface area contributed by atoms with Crippen LogP contribution in [0.5, 0.6) is 17.2 Å². The third-order valence-corrected chi connectivity index (χ3v) is 5.43. The van der Waals surface area contributed by atoms with Gasteiger partial charge in [0.15, 0.2) is 17.5 Å². The van der Waals surface area contributed by atoms with Crippen LogP contribution in [-0.2, 0) is 6.54 Å². The van der Waals surface area contributed by atoms with Crippen LogP contribution in [0.15, 0.2) is 17.1 Å². The second kappa shape index (κ2) is 9.87. The van der Waals surface area contributed by atoms with Crippen LogP contribution in [0.3, 0.4) is 0 Å². The number of ether oxygens (including phenoxy) is 3. The van der Waals surface area contributed by atoms with Crippen molar-refractivity contribution >= 4 is 5.96 Å². The van der Waals surface area contributed by atoms with E-state index in [1.165, 1.54) is 32.4 Å². The Morgan fingerprint density at radius 1 is 1.07 bits per heavy atom. The second-order valence-corrected chi connectivity index (χ2v) is 7.49. The highest BCUT2D eigenvalue weighted by atomic mass is 16.5. The summed E-state index contributed by atoms with van der Waals surface area (Å²) in [6.07, 6.45) is 4.05. The molecule has 1 aliphatic carbocycles. The van der Waals surface area contributed by atoms with E-state index < -0.39 is 0 Å². The van der Waals surface area contributed by atoms with Gasteiger partial charge in [-0.3, -0.25) is 0 Å². The lowest BCUT2D eigenvalue weighted by Gasteiger charge is -2.17. The number of hydrogen-bond acceptors (Lipinski definition) is 5. The number of nitrogens with one attached hydrogen (secondary N) is 2. The van der Waals surface area contributed by atoms with Gasteiger partial charge in [0.05, 0.1) is 27.9 Å². The fourth-order valence-corrected chi connectivity index (χ4v) is 3.78. The fraction of sp³-hybridized carbons (Fsp3) is 0.667. The van der Waals surface area contributed by atoms with Gasteiger partial charge in [-0.2, -0.15) is 0 Å². The van der Waals surface area contributed by atoms with Crippen LogP contribution < -0.4 is 24.8 Å². The summed E-state index contributed by atoms with van der Waals surface area (Å²) in [4.78, 5) is 7.39. The number of hydrogen-bond donors (Lipinski definition) is 2. The van der Waals surface area contributed by atoms with Gasteiger partial charge in [0.1, 0.15) is 0 Å². The Bertz CT molecular complexity index is 651. The number of rotatable bonds is 9. The zero-order chi connectivity index (χ0) is 19.9. The third kappa shape index (κ3) is 5.22. The highest BCUT2D eigenvalue weighted by Gasteiger charge is 2.34. The molecule has 2 aliphatic rings. The summed E-state index contributed by atoms with van der Waals surface area (Å²) >= 11 is 0. The predicted octanol–water partition coefficient (Wildman–Crippen LogP) is 2.25. The smallest absolute Gasteiger partial charge is 0.203 e. The van der Waals surface area contributed by atoms with Gasteiger partial charge in [-0.15, -0.1) is 0 Å². The molecule has 156 valence electrons. The Morgan fingerprint density at radius 3 is 2.36 bits per heavy atom. The van der Waals surface area contributed by atoms with Gasteiger partial charge in [0.2, 0.25) is 5.75 Å². The molecule has 2 fully saturated rings. The van der Waals surface area contributed by atoms with Crippen molar-refractivity contribution in [2.24, 2.45) is 10.9 Å². The molecule has 0 radical (unpaired) electrons. The van der Waals surface area contributed by atoms with E-state index in [9.17, 15) is 0 Å². The van der Waals surface area contributed by atoms with Crippen LogP contribution in [-0.4, -0.2) is 64.4 Å². The Hall–Kier alpha value is -2.15. The van der Waals surface area contributed by atoms with E-state index in [-0.39, 0.29) is 0 Å². The minimum Gasteiger partial charge on any atom is -0.493 e. The lowest BCUT2D eigenvalue weighted by Crippen LogP contribution is -2.40. The van der Waals surface area contributed by atoms with Crippen molar-refractivity contribution in [1.29, 1.82) is 0 Å². The van der Waals surface area contributed by atoms with E-state index in [2.05, 4.69) is 22.5 Å². The van der Waals surface area contributed by atoms with Crippen molar-refractivity contribution < 1.29 is 14.2 Å². The minimum absolute atomic E-state index is 0.533. The summed E-state index contributed by atoms with van der Waals surface area (Å²) in [5.74, 6) is 3.45. The second-order valence-electron chi connectivity index (χ2n) is 7.49. The zero-order valence-electron chi connectivity index (χ0n) is 17.6. The van der Waals surface area contributed by atoms with E-state index in [1.807, 2.05) is 12.1 Å². The number of methoxy groups -OCH3 is 3. The van der Waals surface area contributed by atoms with Crippen LogP contribution in [0.1, 0.15) is 31.7 Å². The average Bonchev–Trinajstić information content (AvgIpc) is 3.47. The first kappa shape index (κ1) is 20.6. The van der Waals surface area contributed by atoms with Crippen LogP contribution in [0.4, 0.5) is 0 Å². The van der Waals surface area contributed by atoms with Crippen LogP contribution in [0, 0.1) is 5.92 Å². The molecule has 2 N–H and O–H groups in total. The molecule has 3 rings (SSSR count). The molecular formula is C21H34N4O3. The third-order valence-electron chi connectivity index (χ3n) is 5.43. The maximum atomic E-state index is 5.43. The number of guanidine groups is 1. The van der Waals surface area contributed by atoms with E-state index in [4.69, 9.17) is 19.2 Å². The normalized spacial score (nSPS) is 20.1. The number of nitrogens with zero attached hydrogens (tertiary/aromatic N) is 2. The highest BCUT2D eigenvalue weighted by molar-refractivity contribution is 5.79. The van der Waals surface area contributed by atoms with Gasteiger partial charge in [-0.25, -0.2) is 4.99 Å². The standard InChI is InChI=1S/C21H34N4O3/c1-5-22-21(23-12-15-8-9-25(14-15)17-6-7-17)24-13-16-10-18(26-2)20(28-4)19(11-16)27-3/h10-11,15,17H,5-9,12-14H2,1-4H3,(H2,22,23,24). The molecule has 1 heterocycles. The average molecular weight is 391 g/mol. The maximum absolute atomic E-state index is 5.43. The fourth-order valence-electron chi connectivity index (χ4n) is 3.78. The molecule has 1 aromatic rings. The molecule has 0 bridgehead atoms. The topological polar surface area (TPSA) is 67.4 Å². The quantitative estimate of drug-likeness (QED) is 0.498. The molecule has 0 aromatic heterocycles. The first-order valence-electron chi connectivity index (χ1n) is 10.2. The Labute approximate surface area is 168 Å². The summed E-state index contributed by atoms with van der Waals surface area (Å²) in [6.45, 7) is 6.87. The monoisotopic (exact) mass is 390 g/mol. The zero-order valence-corrected chi connectivity index (χ0v) is 17.6. The summed E-state index contributed by atoms with van der Waals surface area (Å²) in [6, 6.07) is 4.75. The van der Waals surface area contributed by atoms with Crippen LogP contribution in [0.25, 0.3) is 0 Å². The molecule has 7 nitrogen and oxygen atoms in total. The summed E-state index contributed by atoms with van der Waals surface area (Å²) in [5, 5.41) is 6.86. The molecule has 28 heavy (non-hydrogen) atoms. The predicted molar refractivity (Wildman–Crippen MR) is 112 cm³/mol. The van der Waals surface area contributed by atoms with Gasteiger partial charge >= 0.3 is 0 Å². The van der Waals surface area contributed by atoms with Crippen LogP contribution in [0.2, 0.25) is 0 Å². The Balaban J connectivity index is 1.60. The minimum atomic E-state index is 0.533. The SMILES string of the molecule is CCNC(=NCc1cc(OC)c(OC)c(OC)c1)NCC1CCN(C2CC2)C1. The molecule has 1 unspecified atom stereocenters. The van der Waals surface area contributed by atoms with Gasteiger partial charge in [-0.05, 0) is 56.3 Å². The lowest BCUT2D eigenvalue weighted by molar-refractivity contribution is 0.314. The molecule has 0 spiro atoms. The lowest BCUT2D eigenvalue weighted by atomic mass is 10.1. The van der Waals surface area contributed by atoms with Gasteiger partial charge < -0.3 is 29.7 Å². The molecule has 1 aromatic carbocycles. The molecule has 1 saturated heterocycles. The molecular weight excluding hydrogens is 356 g/mol. The molecule has 0 amide bonds. The maximum Gasteiger partial charge on any atom is 0.203 e. The van der Waals surface area contributed by atoms with Crippen molar-refractivity contribution in [2.45, 2.75) is 38.8 Å². The van der Waals surface area contributed by atoms with E-state index in [0.717, 1.165) is 30.7 Å². The summed E-state index contributed by atoms with van der Waals surface area (Å²) in [5.41, 5.74) is 1.01. The van der Waals surface area contributed by atoms with E-state index in [1.54, 1.807) is 21.3 Å². The number of benzene rings is 1. The van der Waals surface area contributed by atoms with Gasteiger partial charge in [-0.1, -0.05) is 0 Å². The van der Waals surface area contributed by atoms with Crippen molar-refractivity contribution in [3.63, 3.8) is 0 Å². The van der Waals surface area contributed by atoms with Crippen molar-refractivity contribution in [2.75, 3.05) is 47.5 Å². The van der Waals surface area contributed by atoms with Gasteiger partial charge in [0.25, 0.3) is 0 Å². The molecule has 1 atom stereocenters. The first-order valence-corrected chi connectivity index (χ1v) is 10.2. The van der Waals surface area contributed by atoms with E-state index >= 15 is 0 Å². The summed E-state index contributed by atoms with van der Waals surface area (Å²) in [7, 11) is 4.86. The van der Waals surface area contributed by atoms with E-state index in [0.29, 0.717) is 29.7 Å². The summed E-state index contributed by atoms with van der Waals surface area (Å²) < 4.78 is 16.3. The van der Waals surface area contributed by atoms with Crippen molar-refractivity contribution in [1.82, 2.24) is 15.5 Å². The largest absolute Gasteiger partial charge is 0.493 e. The molecule has 1 aliphatic heterocycles. The Morgan fingerprint density at radius 2 is 1.79 bits per heavy atom. The van der Waals surface area contributed by atoms with Gasteiger partial charge in [0, 0.05) is 25.7 Å². The Kier molecular flexibility index (Phi) is 7.25. The number of likely N-dealkylation sites (tertiary alicyclic amines) is 1. The van der Waals surface area contributed by atoms with Crippen molar-refractivity contribution in [3.05, 3.63) is 17.7 Å².